The van der Waals surface area contributed by atoms with Gasteiger partial charge in [0, 0.05) is 23.1 Å². The maximum absolute atomic E-state index is 12.4. The zero-order valence-corrected chi connectivity index (χ0v) is 15.2. The van der Waals surface area contributed by atoms with Crippen molar-refractivity contribution in [1.29, 1.82) is 0 Å². The van der Waals surface area contributed by atoms with Gasteiger partial charge in [-0.3, -0.25) is 4.79 Å². The lowest BCUT2D eigenvalue weighted by Gasteiger charge is -2.10. The molecule has 4 rings (SSSR count). The molecule has 138 valence electrons. The third kappa shape index (κ3) is 3.62. The molecule has 2 heterocycles. The number of nitrogens with two attached hydrogens (primary N) is 1. The maximum Gasteiger partial charge on any atom is 0.275 e. The Hall–Kier alpha value is -3.35. The molecule has 0 saturated carbocycles. The van der Waals surface area contributed by atoms with Gasteiger partial charge in [-0.1, -0.05) is 30.7 Å². The summed E-state index contributed by atoms with van der Waals surface area (Å²) < 4.78 is 1.32. The number of H-pyrrole nitrogens is 1. The van der Waals surface area contributed by atoms with Crippen molar-refractivity contribution in [2.75, 3.05) is 11.1 Å². The van der Waals surface area contributed by atoms with Crippen LogP contribution in [0.15, 0.2) is 52.9 Å². The Morgan fingerprint density at radius 2 is 2.15 bits per heavy atom. The standard InChI is InChI=1S/C20H22N6O/c1-2-13-6-8-14(9-7-13)19-24-20-23-17(11-18(27)26(20)25-19)12-22-16-5-3-4-15(21)10-16/h3-6,8,10-11,22H,2,7,9,12,21H2,1H3,(H,23,24,25). The lowest BCUT2D eigenvalue weighted by atomic mass is 9.96. The second-order valence-electron chi connectivity index (χ2n) is 6.65. The normalized spacial score (nSPS) is 14.1. The molecule has 7 nitrogen and oxygen atoms in total. The van der Waals surface area contributed by atoms with E-state index in [0.29, 0.717) is 23.8 Å². The molecule has 4 N–H and O–H groups in total. The molecule has 1 aliphatic carbocycles. The SMILES string of the molecule is CCC1=CC=C(c2nc3[nH]c(CNc4cccc(N)c4)cc(=O)n3n2)CC1. The fraction of sp³-hybridized carbons (Fsp3) is 0.250. The number of anilines is 2. The van der Waals surface area contributed by atoms with Crippen molar-refractivity contribution < 1.29 is 0 Å². The average molecular weight is 362 g/mol. The number of rotatable bonds is 5. The number of hydrogen-bond acceptors (Lipinski definition) is 5. The van der Waals surface area contributed by atoms with E-state index < -0.39 is 0 Å². The second-order valence-corrected chi connectivity index (χ2v) is 6.65. The van der Waals surface area contributed by atoms with Crippen molar-refractivity contribution in [3.8, 4) is 0 Å². The third-order valence-electron chi connectivity index (χ3n) is 4.73. The van der Waals surface area contributed by atoms with E-state index in [-0.39, 0.29) is 5.56 Å². The molecule has 2 aromatic heterocycles. The summed E-state index contributed by atoms with van der Waals surface area (Å²) in [5, 5.41) is 7.63. The van der Waals surface area contributed by atoms with Crippen LogP contribution in [0.3, 0.4) is 0 Å². The first-order chi connectivity index (χ1) is 13.1. The summed E-state index contributed by atoms with van der Waals surface area (Å²) in [5.74, 6) is 1.06. The predicted octanol–water partition coefficient (Wildman–Crippen LogP) is 3.13. The van der Waals surface area contributed by atoms with E-state index in [9.17, 15) is 4.79 Å². The summed E-state index contributed by atoms with van der Waals surface area (Å²) in [4.78, 5) is 20.1. The van der Waals surface area contributed by atoms with Crippen LogP contribution in [0.25, 0.3) is 11.4 Å². The lowest BCUT2D eigenvalue weighted by Crippen LogP contribution is -2.17. The zero-order valence-electron chi connectivity index (χ0n) is 15.2. The van der Waals surface area contributed by atoms with Gasteiger partial charge in [-0.05, 0) is 43.0 Å². The van der Waals surface area contributed by atoms with Crippen molar-refractivity contribution in [1.82, 2.24) is 19.6 Å². The van der Waals surface area contributed by atoms with Crippen molar-refractivity contribution in [2.24, 2.45) is 0 Å². The maximum atomic E-state index is 12.4. The van der Waals surface area contributed by atoms with Gasteiger partial charge in [-0.25, -0.2) is 0 Å². The molecule has 1 aliphatic rings. The zero-order chi connectivity index (χ0) is 18.8. The largest absolute Gasteiger partial charge is 0.399 e. The minimum Gasteiger partial charge on any atom is -0.399 e. The number of hydrogen-bond donors (Lipinski definition) is 3. The Morgan fingerprint density at radius 1 is 1.26 bits per heavy atom. The number of aromatic nitrogens is 4. The number of allylic oxidation sites excluding steroid dienone is 4. The first kappa shape index (κ1) is 17.1. The van der Waals surface area contributed by atoms with Crippen LogP contribution in [0, 0.1) is 0 Å². The summed E-state index contributed by atoms with van der Waals surface area (Å²) in [6.07, 6.45) is 7.16. The van der Waals surface area contributed by atoms with Crippen LogP contribution < -0.4 is 16.6 Å². The highest BCUT2D eigenvalue weighted by Crippen LogP contribution is 2.26. The van der Waals surface area contributed by atoms with Crippen LogP contribution in [-0.4, -0.2) is 19.6 Å². The van der Waals surface area contributed by atoms with Crippen LogP contribution in [0.1, 0.15) is 37.7 Å². The fourth-order valence-electron chi connectivity index (χ4n) is 3.18. The number of fused-ring (bicyclic) bond motifs is 1. The summed E-state index contributed by atoms with van der Waals surface area (Å²) in [7, 11) is 0. The summed E-state index contributed by atoms with van der Waals surface area (Å²) in [5.41, 5.74) is 10.4. The highest BCUT2D eigenvalue weighted by Gasteiger charge is 2.14. The lowest BCUT2D eigenvalue weighted by molar-refractivity contribution is 0.859. The third-order valence-corrected chi connectivity index (χ3v) is 4.73. The van der Waals surface area contributed by atoms with Crippen molar-refractivity contribution in [3.05, 3.63) is 69.9 Å². The fourth-order valence-corrected chi connectivity index (χ4v) is 3.18. The minimum atomic E-state index is -0.201. The first-order valence-electron chi connectivity index (χ1n) is 9.10. The first-order valence-corrected chi connectivity index (χ1v) is 9.10. The second kappa shape index (κ2) is 7.11. The molecular weight excluding hydrogens is 340 g/mol. The highest BCUT2D eigenvalue weighted by atomic mass is 16.1. The van der Waals surface area contributed by atoms with E-state index in [1.807, 2.05) is 24.3 Å². The van der Waals surface area contributed by atoms with Crippen LogP contribution in [-0.2, 0) is 6.54 Å². The number of benzene rings is 1. The number of nitrogen functional groups attached to an aromatic ring is 1. The van der Waals surface area contributed by atoms with Crippen LogP contribution in [0.5, 0.6) is 0 Å². The molecule has 0 spiro atoms. The Labute approximate surface area is 156 Å². The van der Waals surface area contributed by atoms with Crippen molar-refractivity contribution in [2.45, 2.75) is 32.7 Å². The van der Waals surface area contributed by atoms with Gasteiger partial charge in [0.25, 0.3) is 5.56 Å². The molecule has 0 fully saturated rings. The van der Waals surface area contributed by atoms with Crippen LogP contribution >= 0.6 is 0 Å². The molecule has 0 amide bonds. The topological polar surface area (TPSA) is 101 Å². The summed E-state index contributed by atoms with van der Waals surface area (Å²) >= 11 is 0. The summed E-state index contributed by atoms with van der Waals surface area (Å²) in [6.45, 7) is 2.62. The van der Waals surface area contributed by atoms with Crippen LogP contribution in [0.2, 0.25) is 0 Å². The van der Waals surface area contributed by atoms with Gasteiger partial charge in [0.05, 0.1) is 6.54 Å². The Kier molecular flexibility index (Phi) is 4.50. The van der Waals surface area contributed by atoms with Crippen molar-refractivity contribution >= 4 is 22.7 Å². The average Bonchev–Trinajstić information content (AvgIpc) is 3.11. The number of aromatic amines is 1. The summed E-state index contributed by atoms with van der Waals surface area (Å²) in [6, 6.07) is 9.02. The smallest absolute Gasteiger partial charge is 0.275 e. The molecular formula is C20H22N6O. The monoisotopic (exact) mass is 362 g/mol. The van der Waals surface area contributed by atoms with Gasteiger partial charge in [0.2, 0.25) is 5.78 Å². The van der Waals surface area contributed by atoms with E-state index in [2.05, 4.69) is 39.5 Å². The Bertz CT molecular complexity index is 1110. The van der Waals surface area contributed by atoms with Crippen molar-refractivity contribution in [3.63, 3.8) is 0 Å². The molecule has 0 radical (unpaired) electrons. The molecule has 0 saturated heterocycles. The van der Waals surface area contributed by atoms with E-state index in [1.54, 1.807) is 0 Å². The van der Waals surface area contributed by atoms with Gasteiger partial charge in [-0.2, -0.15) is 9.50 Å². The molecule has 0 bridgehead atoms. The Morgan fingerprint density at radius 3 is 2.89 bits per heavy atom. The van der Waals surface area contributed by atoms with E-state index in [1.165, 1.54) is 16.2 Å². The molecule has 0 unspecified atom stereocenters. The molecule has 7 heteroatoms. The van der Waals surface area contributed by atoms with Gasteiger partial charge >= 0.3 is 0 Å². The minimum absolute atomic E-state index is 0.201. The molecule has 1 aromatic carbocycles. The van der Waals surface area contributed by atoms with E-state index in [0.717, 1.165) is 36.2 Å². The van der Waals surface area contributed by atoms with Gasteiger partial charge in [0.15, 0.2) is 5.82 Å². The number of nitrogens with one attached hydrogen (secondary N) is 2. The van der Waals surface area contributed by atoms with Gasteiger partial charge in [-0.15, -0.1) is 5.10 Å². The van der Waals surface area contributed by atoms with E-state index in [4.69, 9.17) is 5.73 Å². The molecule has 0 atom stereocenters. The quantitative estimate of drug-likeness (QED) is 0.605. The highest BCUT2D eigenvalue weighted by molar-refractivity contribution is 5.64. The van der Waals surface area contributed by atoms with Crippen LogP contribution in [0.4, 0.5) is 11.4 Å². The molecule has 27 heavy (non-hydrogen) atoms. The van der Waals surface area contributed by atoms with E-state index >= 15 is 0 Å². The number of nitrogens with zero attached hydrogens (tertiary/aromatic N) is 3. The molecule has 0 aliphatic heterocycles. The predicted molar refractivity (Wildman–Crippen MR) is 107 cm³/mol. The Balaban J connectivity index is 1.59. The van der Waals surface area contributed by atoms with Gasteiger partial charge in [0.1, 0.15) is 0 Å². The molecule has 3 aromatic rings. The van der Waals surface area contributed by atoms with Gasteiger partial charge < -0.3 is 16.0 Å².